The molecule has 2 aliphatic rings. The van der Waals surface area contributed by atoms with Crippen molar-refractivity contribution < 1.29 is 0 Å². The number of hydrogen-bond donors (Lipinski definition) is 0. The fourth-order valence-electron chi connectivity index (χ4n) is 3.23. The standard InChI is InChI=1S/C16H19BrN4S.ClH/c17-15-4-3-13(22-15)11-20-8-5-14-12(10-20)9-18-16(19-14)21-6-1-2-7-21;/h3-4,9H,1-2,5-8,10-11H2;1H. The van der Waals surface area contributed by atoms with E-state index in [0.717, 1.165) is 45.1 Å². The summed E-state index contributed by atoms with van der Waals surface area (Å²) in [4.78, 5) is 15.6. The molecule has 2 aliphatic heterocycles. The average molecular weight is 416 g/mol. The Balaban J connectivity index is 0.00000156. The monoisotopic (exact) mass is 414 g/mol. The molecule has 23 heavy (non-hydrogen) atoms. The third-order valence-corrected chi connectivity index (χ3v) is 6.01. The summed E-state index contributed by atoms with van der Waals surface area (Å²) in [6, 6.07) is 4.33. The number of hydrogen-bond acceptors (Lipinski definition) is 5. The summed E-state index contributed by atoms with van der Waals surface area (Å²) in [6.45, 7) is 5.28. The summed E-state index contributed by atoms with van der Waals surface area (Å²) in [5.41, 5.74) is 2.55. The predicted molar refractivity (Wildman–Crippen MR) is 101 cm³/mol. The van der Waals surface area contributed by atoms with E-state index in [1.807, 2.05) is 17.5 Å². The molecule has 1 fully saturated rings. The third kappa shape index (κ3) is 3.87. The largest absolute Gasteiger partial charge is 0.341 e. The lowest BCUT2D eigenvalue weighted by molar-refractivity contribution is 0.245. The van der Waals surface area contributed by atoms with E-state index in [0.29, 0.717) is 0 Å². The average Bonchev–Trinajstić information content (AvgIpc) is 3.19. The van der Waals surface area contributed by atoms with Gasteiger partial charge in [-0.05, 0) is 40.9 Å². The number of aromatic nitrogens is 2. The zero-order valence-electron chi connectivity index (χ0n) is 12.9. The molecule has 0 spiro atoms. The van der Waals surface area contributed by atoms with E-state index in [9.17, 15) is 0 Å². The summed E-state index contributed by atoms with van der Waals surface area (Å²) >= 11 is 5.36. The Kier molecular flexibility index (Phi) is 5.57. The molecule has 0 saturated carbocycles. The quantitative estimate of drug-likeness (QED) is 0.761. The van der Waals surface area contributed by atoms with Crippen LogP contribution in [-0.4, -0.2) is 34.5 Å². The zero-order valence-corrected chi connectivity index (χ0v) is 16.1. The Morgan fingerprint density at radius 1 is 1.17 bits per heavy atom. The number of thiophene rings is 1. The lowest BCUT2D eigenvalue weighted by Gasteiger charge is -2.28. The molecule has 2 aromatic rings. The van der Waals surface area contributed by atoms with Crippen LogP contribution in [0.1, 0.15) is 29.0 Å². The molecule has 0 aliphatic carbocycles. The van der Waals surface area contributed by atoms with Crippen LogP contribution in [0.5, 0.6) is 0 Å². The lowest BCUT2D eigenvalue weighted by Crippen LogP contribution is -2.31. The van der Waals surface area contributed by atoms with Gasteiger partial charge in [0.2, 0.25) is 5.95 Å². The molecule has 2 aromatic heterocycles. The highest BCUT2D eigenvalue weighted by Crippen LogP contribution is 2.26. The number of anilines is 1. The van der Waals surface area contributed by atoms with Crippen LogP contribution in [0.3, 0.4) is 0 Å². The van der Waals surface area contributed by atoms with Crippen molar-refractivity contribution in [3.63, 3.8) is 0 Å². The fraction of sp³-hybridized carbons (Fsp3) is 0.500. The Labute approximate surface area is 155 Å². The first-order valence-electron chi connectivity index (χ1n) is 7.84. The molecule has 124 valence electrons. The Morgan fingerprint density at radius 3 is 2.74 bits per heavy atom. The van der Waals surface area contributed by atoms with E-state index in [1.165, 1.54) is 32.8 Å². The molecule has 1 saturated heterocycles. The van der Waals surface area contributed by atoms with Crippen LogP contribution in [0.2, 0.25) is 0 Å². The molecular weight excluding hydrogens is 396 g/mol. The van der Waals surface area contributed by atoms with Crippen LogP contribution in [-0.2, 0) is 19.5 Å². The van der Waals surface area contributed by atoms with Crippen molar-refractivity contribution in [3.8, 4) is 0 Å². The lowest BCUT2D eigenvalue weighted by atomic mass is 10.1. The van der Waals surface area contributed by atoms with Gasteiger partial charge in [0, 0.05) is 55.8 Å². The van der Waals surface area contributed by atoms with E-state index in [4.69, 9.17) is 4.98 Å². The molecule has 0 N–H and O–H groups in total. The first-order chi connectivity index (χ1) is 10.8. The van der Waals surface area contributed by atoms with Crippen LogP contribution in [0.4, 0.5) is 5.95 Å². The van der Waals surface area contributed by atoms with Crippen molar-refractivity contribution >= 4 is 45.6 Å². The van der Waals surface area contributed by atoms with E-state index >= 15 is 0 Å². The molecular formula is C16H20BrClN4S. The van der Waals surface area contributed by atoms with Gasteiger partial charge in [0.15, 0.2) is 0 Å². The number of rotatable bonds is 3. The van der Waals surface area contributed by atoms with Gasteiger partial charge in [-0.25, -0.2) is 9.97 Å². The molecule has 4 nitrogen and oxygen atoms in total. The minimum atomic E-state index is 0. The van der Waals surface area contributed by atoms with Gasteiger partial charge in [-0.2, -0.15) is 0 Å². The van der Waals surface area contributed by atoms with Gasteiger partial charge in [-0.3, -0.25) is 4.90 Å². The van der Waals surface area contributed by atoms with Crippen molar-refractivity contribution in [1.29, 1.82) is 0 Å². The van der Waals surface area contributed by atoms with Crippen LogP contribution in [0.25, 0.3) is 0 Å². The minimum absolute atomic E-state index is 0. The predicted octanol–water partition coefficient (Wildman–Crippen LogP) is 3.88. The summed E-state index contributed by atoms with van der Waals surface area (Å²) < 4.78 is 1.21. The fourth-order valence-corrected chi connectivity index (χ4v) is 4.75. The number of fused-ring (bicyclic) bond motifs is 1. The highest BCUT2D eigenvalue weighted by Gasteiger charge is 2.21. The van der Waals surface area contributed by atoms with E-state index in [-0.39, 0.29) is 12.4 Å². The topological polar surface area (TPSA) is 32.3 Å². The molecule has 4 heterocycles. The van der Waals surface area contributed by atoms with Crippen molar-refractivity contribution in [2.45, 2.75) is 32.4 Å². The molecule has 0 aromatic carbocycles. The van der Waals surface area contributed by atoms with Crippen molar-refractivity contribution in [3.05, 3.63) is 38.3 Å². The third-order valence-electron chi connectivity index (χ3n) is 4.40. The first-order valence-corrected chi connectivity index (χ1v) is 9.45. The van der Waals surface area contributed by atoms with Crippen LogP contribution < -0.4 is 4.90 Å². The van der Waals surface area contributed by atoms with Gasteiger partial charge < -0.3 is 4.90 Å². The Hall–Kier alpha value is -0.690. The van der Waals surface area contributed by atoms with Crippen molar-refractivity contribution in [2.24, 2.45) is 0 Å². The number of nitrogens with zero attached hydrogens (tertiary/aromatic N) is 4. The van der Waals surface area contributed by atoms with Crippen LogP contribution in [0.15, 0.2) is 22.1 Å². The van der Waals surface area contributed by atoms with E-state index < -0.39 is 0 Å². The highest BCUT2D eigenvalue weighted by atomic mass is 79.9. The second kappa shape index (κ2) is 7.47. The normalized spacial score (nSPS) is 17.9. The second-order valence-electron chi connectivity index (χ2n) is 6.00. The first kappa shape index (κ1) is 17.1. The molecule has 7 heteroatoms. The summed E-state index contributed by atoms with van der Waals surface area (Å²) in [6.07, 6.45) is 5.62. The van der Waals surface area contributed by atoms with Gasteiger partial charge >= 0.3 is 0 Å². The zero-order chi connectivity index (χ0) is 14.9. The van der Waals surface area contributed by atoms with E-state index in [1.54, 1.807) is 0 Å². The summed E-state index contributed by atoms with van der Waals surface area (Å²) in [7, 11) is 0. The summed E-state index contributed by atoms with van der Waals surface area (Å²) in [5.74, 6) is 0.937. The Morgan fingerprint density at radius 2 is 2.00 bits per heavy atom. The molecule has 4 rings (SSSR count). The van der Waals surface area contributed by atoms with Crippen molar-refractivity contribution in [2.75, 3.05) is 24.5 Å². The SMILES string of the molecule is Brc1ccc(CN2CCc3nc(N4CCCC4)ncc3C2)s1.Cl. The highest BCUT2D eigenvalue weighted by molar-refractivity contribution is 9.11. The molecule has 0 bridgehead atoms. The van der Waals surface area contributed by atoms with Gasteiger partial charge in [0.1, 0.15) is 0 Å². The van der Waals surface area contributed by atoms with Crippen molar-refractivity contribution in [1.82, 2.24) is 14.9 Å². The molecule has 0 amide bonds. The Bertz CT molecular complexity index is 672. The van der Waals surface area contributed by atoms with Gasteiger partial charge in [0.05, 0.1) is 9.48 Å². The van der Waals surface area contributed by atoms with Gasteiger partial charge in [0.25, 0.3) is 0 Å². The maximum absolute atomic E-state index is 4.82. The smallest absolute Gasteiger partial charge is 0.225 e. The maximum atomic E-state index is 4.82. The van der Waals surface area contributed by atoms with E-state index in [2.05, 4.69) is 42.8 Å². The maximum Gasteiger partial charge on any atom is 0.225 e. The van der Waals surface area contributed by atoms with Crippen LogP contribution in [0, 0.1) is 0 Å². The molecule has 0 atom stereocenters. The minimum Gasteiger partial charge on any atom is -0.341 e. The number of halogens is 2. The molecule has 0 radical (unpaired) electrons. The van der Waals surface area contributed by atoms with Gasteiger partial charge in [-0.1, -0.05) is 0 Å². The van der Waals surface area contributed by atoms with Crippen LogP contribution >= 0.6 is 39.7 Å². The van der Waals surface area contributed by atoms with Gasteiger partial charge in [-0.15, -0.1) is 23.7 Å². The second-order valence-corrected chi connectivity index (χ2v) is 8.55. The summed E-state index contributed by atoms with van der Waals surface area (Å²) in [5, 5.41) is 0. The molecule has 0 unspecified atom stereocenters.